The molecule has 0 amide bonds. The van der Waals surface area contributed by atoms with Crippen molar-refractivity contribution < 1.29 is 8.78 Å². The lowest BCUT2D eigenvalue weighted by molar-refractivity contribution is 0.577. The maximum atomic E-state index is 13.6. The second-order valence-corrected chi connectivity index (χ2v) is 4.36. The van der Waals surface area contributed by atoms with Crippen LogP contribution in [0.25, 0.3) is 0 Å². The molecule has 1 aromatic heterocycles. The predicted molar refractivity (Wildman–Crippen MR) is 65.3 cm³/mol. The van der Waals surface area contributed by atoms with Crippen molar-refractivity contribution in [1.82, 2.24) is 10.2 Å². The summed E-state index contributed by atoms with van der Waals surface area (Å²) in [5.41, 5.74) is 2.32. The molecule has 1 heterocycles. The Bertz CT molecular complexity index is 550. The van der Waals surface area contributed by atoms with Gasteiger partial charge in [0.1, 0.15) is 11.6 Å². The Morgan fingerprint density at radius 2 is 1.72 bits per heavy atom. The van der Waals surface area contributed by atoms with Gasteiger partial charge in [-0.1, -0.05) is 0 Å². The van der Waals surface area contributed by atoms with E-state index in [0.29, 0.717) is 24.0 Å². The molecule has 0 aliphatic rings. The lowest BCUT2D eigenvalue weighted by Gasteiger charge is -2.05. The first kappa shape index (κ1) is 12.6. The molecule has 0 radical (unpaired) electrons. The molecule has 0 aliphatic carbocycles. The molecule has 94 valence electrons. The fraction of sp³-hybridized carbons (Fsp3) is 0.286. The molecule has 0 saturated heterocycles. The molecule has 0 fully saturated rings. The summed E-state index contributed by atoms with van der Waals surface area (Å²) < 4.78 is 26.9. The van der Waals surface area contributed by atoms with Crippen LogP contribution in [-0.4, -0.2) is 10.2 Å². The van der Waals surface area contributed by atoms with E-state index >= 15 is 0 Å². The number of hydrogen-bond donors (Lipinski definition) is 0. The van der Waals surface area contributed by atoms with E-state index in [9.17, 15) is 8.78 Å². The van der Waals surface area contributed by atoms with Crippen molar-refractivity contribution in [2.24, 2.45) is 0 Å². The van der Waals surface area contributed by atoms with Crippen LogP contribution in [0.5, 0.6) is 0 Å². The topological polar surface area (TPSA) is 25.8 Å². The van der Waals surface area contributed by atoms with Crippen LogP contribution in [0, 0.1) is 25.5 Å². The van der Waals surface area contributed by atoms with Crippen LogP contribution in [0.4, 0.5) is 8.78 Å². The summed E-state index contributed by atoms with van der Waals surface area (Å²) >= 11 is 0. The molecule has 2 aromatic rings. The molecule has 2 rings (SSSR count). The Labute approximate surface area is 105 Å². The van der Waals surface area contributed by atoms with Crippen LogP contribution in [0.3, 0.4) is 0 Å². The van der Waals surface area contributed by atoms with Gasteiger partial charge in [0.05, 0.1) is 11.4 Å². The van der Waals surface area contributed by atoms with E-state index in [-0.39, 0.29) is 11.6 Å². The summed E-state index contributed by atoms with van der Waals surface area (Å²) in [6, 6.07) is 6.19. The molecule has 0 spiro atoms. The highest BCUT2D eigenvalue weighted by molar-refractivity contribution is 5.26. The Kier molecular flexibility index (Phi) is 3.65. The molecule has 18 heavy (non-hydrogen) atoms. The average molecular weight is 248 g/mol. The van der Waals surface area contributed by atoms with Gasteiger partial charge in [-0.05, 0) is 62.1 Å². The van der Waals surface area contributed by atoms with Gasteiger partial charge in [-0.2, -0.15) is 10.2 Å². The number of benzene rings is 1. The molecular formula is C14H14F2N2. The highest BCUT2D eigenvalue weighted by Crippen LogP contribution is 2.15. The summed E-state index contributed by atoms with van der Waals surface area (Å²) in [4.78, 5) is 0. The molecular weight excluding hydrogens is 234 g/mol. The highest BCUT2D eigenvalue weighted by atomic mass is 19.1. The molecule has 0 unspecified atom stereocenters. The first-order valence-corrected chi connectivity index (χ1v) is 5.80. The third-order valence-corrected chi connectivity index (χ3v) is 2.83. The number of aryl methyl sites for hydroxylation is 4. The fourth-order valence-corrected chi connectivity index (χ4v) is 1.70. The number of halogens is 2. The van der Waals surface area contributed by atoms with Crippen molar-refractivity contribution in [3.05, 3.63) is 58.4 Å². The molecule has 0 bridgehead atoms. The van der Waals surface area contributed by atoms with Gasteiger partial charge < -0.3 is 0 Å². The normalized spacial score (nSPS) is 10.7. The van der Waals surface area contributed by atoms with Crippen molar-refractivity contribution in [2.75, 3.05) is 0 Å². The number of hydrogen-bond acceptors (Lipinski definition) is 2. The molecule has 0 N–H and O–H groups in total. The average Bonchev–Trinajstić information content (AvgIpc) is 2.34. The Morgan fingerprint density at radius 3 is 2.39 bits per heavy atom. The van der Waals surface area contributed by atoms with Crippen molar-refractivity contribution >= 4 is 0 Å². The van der Waals surface area contributed by atoms with E-state index in [1.54, 1.807) is 6.92 Å². The fourth-order valence-electron chi connectivity index (χ4n) is 1.70. The van der Waals surface area contributed by atoms with Crippen molar-refractivity contribution in [3.8, 4) is 0 Å². The van der Waals surface area contributed by atoms with Crippen LogP contribution >= 0.6 is 0 Å². The van der Waals surface area contributed by atoms with E-state index in [0.717, 1.165) is 11.4 Å². The predicted octanol–water partition coefficient (Wildman–Crippen LogP) is 3.16. The zero-order valence-electron chi connectivity index (χ0n) is 10.4. The number of aromatic nitrogens is 2. The van der Waals surface area contributed by atoms with E-state index in [1.165, 1.54) is 12.1 Å². The number of rotatable bonds is 3. The van der Waals surface area contributed by atoms with Crippen LogP contribution in [0.15, 0.2) is 24.3 Å². The quantitative estimate of drug-likeness (QED) is 0.833. The summed E-state index contributed by atoms with van der Waals surface area (Å²) in [5, 5.41) is 7.92. The molecule has 0 saturated carbocycles. The summed E-state index contributed by atoms with van der Waals surface area (Å²) in [6.07, 6.45) is 0.966. The number of nitrogens with zero attached hydrogens (tertiary/aromatic N) is 2. The minimum Gasteiger partial charge on any atom is -0.207 e. The van der Waals surface area contributed by atoms with Gasteiger partial charge in [-0.25, -0.2) is 8.78 Å². The van der Waals surface area contributed by atoms with Crippen molar-refractivity contribution in [3.63, 3.8) is 0 Å². The summed E-state index contributed by atoms with van der Waals surface area (Å²) in [5.74, 6) is -0.740. The molecule has 0 atom stereocenters. The Hall–Kier alpha value is -1.84. The minimum atomic E-state index is -0.374. The van der Waals surface area contributed by atoms with E-state index in [4.69, 9.17) is 0 Å². The first-order chi connectivity index (χ1) is 8.56. The van der Waals surface area contributed by atoms with Crippen LogP contribution in [0.1, 0.15) is 22.5 Å². The zero-order chi connectivity index (χ0) is 13.1. The lowest BCUT2D eigenvalue weighted by Crippen LogP contribution is -2.00. The van der Waals surface area contributed by atoms with E-state index < -0.39 is 0 Å². The van der Waals surface area contributed by atoms with Gasteiger partial charge in [0.25, 0.3) is 0 Å². The van der Waals surface area contributed by atoms with E-state index in [2.05, 4.69) is 10.2 Å². The minimum absolute atomic E-state index is 0.325. The monoisotopic (exact) mass is 248 g/mol. The third kappa shape index (κ3) is 2.88. The second-order valence-electron chi connectivity index (χ2n) is 4.36. The van der Waals surface area contributed by atoms with E-state index in [1.807, 2.05) is 19.1 Å². The molecule has 1 aromatic carbocycles. The molecule has 2 nitrogen and oxygen atoms in total. The van der Waals surface area contributed by atoms with Gasteiger partial charge in [0.2, 0.25) is 0 Å². The van der Waals surface area contributed by atoms with Gasteiger partial charge in [0, 0.05) is 0 Å². The smallest absolute Gasteiger partial charge is 0.126 e. The summed E-state index contributed by atoms with van der Waals surface area (Å²) in [6.45, 7) is 3.40. The Balaban J connectivity index is 2.10. The van der Waals surface area contributed by atoms with Crippen molar-refractivity contribution in [2.45, 2.75) is 26.7 Å². The van der Waals surface area contributed by atoms with Gasteiger partial charge in [-0.15, -0.1) is 0 Å². The maximum absolute atomic E-state index is 13.6. The lowest BCUT2D eigenvalue weighted by atomic mass is 10.0. The largest absolute Gasteiger partial charge is 0.207 e. The molecule has 4 heteroatoms. The van der Waals surface area contributed by atoms with Gasteiger partial charge in [0.15, 0.2) is 0 Å². The van der Waals surface area contributed by atoms with Gasteiger partial charge in [-0.3, -0.25) is 0 Å². The van der Waals surface area contributed by atoms with Crippen LogP contribution in [0.2, 0.25) is 0 Å². The zero-order valence-corrected chi connectivity index (χ0v) is 10.4. The highest BCUT2D eigenvalue weighted by Gasteiger charge is 2.08. The standard InChI is InChI=1S/C14H14F2N2/c1-9-7-14(16)11(8-13(9)15)4-6-12-5-3-10(2)17-18-12/h3,5,7-8H,4,6H2,1-2H3. The Morgan fingerprint density at radius 1 is 0.944 bits per heavy atom. The SMILES string of the molecule is Cc1ccc(CCc2cc(F)c(C)cc2F)nn1. The van der Waals surface area contributed by atoms with Crippen molar-refractivity contribution in [1.29, 1.82) is 0 Å². The first-order valence-electron chi connectivity index (χ1n) is 5.80. The molecule has 0 aliphatic heterocycles. The second kappa shape index (κ2) is 5.21. The van der Waals surface area contributed by atoms with Gasteiger partial charge >= 0.3 is 0 Å². The third-order valence-electron chi connectivity index (χ3n) is 2.83. The summed E-state index contributed by atoms with van der Waals surface area (Å²) in [7, 11) is 0. The maximum Gasteiger partial charge on any atom is 0.126 e. The van der Waals surface area contributed by atoms with Crippen LogP contribution < -0.4 is 0 Å². The van der Waals surface area contributed by atoms with Crippen LogP contribution in [-0.2, 0) is 12.8 Å².